The van der Waals surface area contributed by atoms with Crippen LogP contribution in [0.1, 0.15) is 22.0 Å². The van der Waals surface area contributed by atoms with Gasteiger partial charge in [0.2, 0.25) is 11.8 Å². The number of nitrogens with one attached hydrogen (secondary N) is 1. The molecule has 6 aromatic heterocycles. The van der Waals surface area contributed by atoms with Gasteiger partial charge in [0.1, 0.15) is 14.5 Å². The molecule has 3 fully saturated rings. The second kappa shape index (κ2) is 46.8. The van der Waals surface area contributed by atoms with Crippen molar-refractivity contribution in [3.05, 3.63) is 355 Å². The Morgan fingerprint density at radius 1 is 0.277 bits per heavy atom. The Morgan fingerprint density at radius 2 is 0.527 bits per heavy atom. The van der Waals surface area contributed by atoms with Crippen LogP contribution in [0, 0.1) is 1.59 Å². The van der Waals surface area contributed by atoms with Crippen LogP contribution in [0.4, 0.5) is 71.7 Å². The molecule has 14 heterocycles. The number of nitrogens with zero attached hydrogens (tertiary/aromatic N) is 10. The van der Waals surface area contributed by atoms with Crippen LogP contribution in [-0.4, -0.2) is 292 Å². The molecule has 8 aliphatic heterocycles. The number of hydrogen-bond acceptors (Lipinski definition) is 15. The molecule has 0 unspecified atom stereocenters. The first kappa shape index (κ1) is 110. The Labute approximate surface area is 959 Å². The molecular weight excluding hydrogens is 2780 g/mol. The van der Waals surface area contributed by atoms with Gasteiger partial charge in [0, 0.05) is 25.5 Å². The Hall–Kier alpha value is -9.13. The van der Waals surface area contributed by atoms with Crippen molar-refractivity contribution in [2.24, 2.45) is 0 Å². The van der Waals surface area contributed by atoms with Crippen molar-refractivity contribution in [3.8, 4) is 0 Å². The van der Waals surface area contributed by atoms with Crippen molar-refractivity contribution < 1.29 is 33.6 Å². The average Bonchev–Trinajstić information content (AvgIpc) is 1.16. The van der Waals surface area contributed by atoms with Crippen LogP contribution in [0.2, 0.25) is 65.5 Å². The Kier molecular flexibility index (Phi) is 34.8. The van der Waals surface area contributed by atoms with Crippen molar-refractivity contribution in [2.75, 3.05) is 67.2 Å². The van der Waals surface area contributed by atoms with Crippen LogP contribution in [0.5, 0.6) is 0 Å². The van der Waals surface area contributed by atoms with Crippen LogP contribution in [0.25, 0.3) is 12.2 Å². The summed E-state index contributed by atoms with van der Waals surface area (Å²) < 4.78 is 19.1. The van der Waals surface area contributed by atoms with Crippen LogP contribution >= 0.6 is 59.2 Å². The first-order valence-electron chi connectivity index (χ1n) is 48.0. The van der Waals surface area contributed by atoms with E-state index in [0.717, 1.165) is 17.0 Å². The van der Waals surface area contributed by atoms with E-state index in [0.29, 0.717) is 0 Å². The summed E-state index contributed by atoms with van der Waals surface area (Å²) in [5.74, 6) is -1.84. The molecule has 16 aromatic rings. The van der Waals surface area contributed by atoms with Gasteiger partial charge in [-0.1, -0.05) is 49.5 Å². The fraction of sp³-hybridized carbons (Fsp3) is 0.148. The summed E-state index contributed by atoms with van der Waals surface area (Å²) in [6, 6.07) is 113. The van der Waals surface area contributed by atoms with Crippen LogP contribution < -0.4 is 76.8 Å². The van der Waals surface area contributed by atoms with Gasteiger partial charge in [0.25, 0.3) is 0 Å². The molecule has 0 aliphatic carbocycles. The van der Waals surface area contributed by atoms with E-state index in [1.807, 2.05) is 6.07 Å². The number of likely N-dealkylation sites (N-methyl/N-ethyl adjacent to an activating group) is 4. The van der Waals surface area contributed by atoms with Gasteiger partial charge in [-0.3, -0.25) is 19.4 Å². The number of aldehydes is 1. The topological polar surface area (TPSA) is 164 Å². The molecule has 0 atom stereocenters. The third-order valence-corrected chi connectivity index (χ3v) is 63.9. The second-order valence-electron chi connectivity index (χ2n) is 38.6. The van der Waals surface area contributed by atoms with Crippen LogP contribution in [0.3, 0.4) is 0 Å². The summed E-state index contributed by atoms with van der Waals surface area (Å²) in [6.07, 6.45) is 4.48. The standard InChI is InChI=1S/2C25H23N3O2SSiTe.C19H17NOSiTe.C18H17NSiTe.C14H15NSi.C6H8N2O2S.C4H3ITe.C4H4Te/c2*1-26-23(29)17(24(30)27(2)25(26)31)15-16-13-14-22(33-16)28-18-9-5-7-11-20(18)32(3,4)21-12-8-6-10-19(21)28;1-22(2)17-9-5-3-7-15(17)20(16-8-4-6-10-18(16)22)19-12-11-14(13-21)23-19;1-20(2)16-10-5-3-8-14(16)19(18-12-7-13-21-18)15-9-4-6-11-17(15)20;1-16(2)13-9-5-3-7-11(13)15-12-8-4-6-10-14(12)16;1-7-4(9)3-5(10)8(2)6(7)11;5-4-2-1-3-6-4;1-2-4-5-3-1/h2*5-15H,1-4H3;3-13H,1-2H3;3-13H,1-2H3;3-10,15H,1-2H3;3H2,1-2H3;1-3H;1-4H. The van der Waals surface area contributed by atoms with E-state index < -0.39 is 102 Å². The van der Waals surface area contributed by atoms with E-state index in [1.54, 1.807) is 66.4 Å². The summed E-state index contributed by atoms with van der Waals surface area (Å²) in [6.45, 7) is 24.3. The number of benzene rings is 10. The molecule has 10 aromatic carbocycles. The molecule has 24 rings (SSSR count). The van der Waals surface area contributed by atoms with Crippen molar-refractivity contribution >= 4 is 415 Å². The summed E-state index contributed by atoms with van der Waals surface area (Å²) in [5, 5.41) is 19.1. The number of halogens is 1. The van der Waals surface area contributed by atoms with E-state index >= 15 is 0 Å². The van der Waals surface area contributed by atoms with Gasteiger partial charge in [-0.25, -0.2) is 0 Å². The predicted molar refractivity (Wildman–Crippen MR) is 652 cm³/mol. The quantitative estimate of drug-likeness (QED) is 0.0305. The fourth-order valence-electron chi connectivity index (χ4n) is 19.7. The van der Waals surface area contributed by atoms with E-state index in [2.05, 4.69) is 439 Å². The van der Waals surface area contributed by atoms with Gasteiger partial charge in [-0.05, 0) is 34.7 Å². The van der Waals surface area contributed by atoms with E-state index in [-0.39, 0.29) is 130 Å². The molecule has 33 heteroatoms. The van der Waals surface area contributed by atoms with Crippen LogP contribution in [0.15, 0.2) is 343 Å². The van der Waals surface area contributed by atoms with Gasteiger partial charge in [-0.15, -0.1) is 0 Å². The first-order valence-corrected chi connectivity index (χ1v) is 80.0. The van der Waals surface area contributed by atoms with E-state index in [9.17, 15) is 33.6 Å². The molecule has 0 radical (unpaired) electrons. The zero-order chi connectivity index (χ0) is 105. The van der Waals surface area contributed by atoms with Crippen molar-refractivity contribution in [3.63, 3.8) is 0 Å². The average molecular weight is 2890 g/mol. The molecule has 6 amide bonds. The third kappa shape index (κ3) is 22.3. The van der Waals surface area contributed by atoms with Gasteiger partial charge in [0.05, 0.1) is 0 Å². The minimum absolute atomic E-state index is 0.0763. The Balaban J connectivity index is 0.000000122. The molecule has 748 valence electrons. The number of fused-ring (bicyclic) bond motifs is 10. The number of amides is 6. The zero-order valence-corrected chi connectivity index (χ0v) is 108. The third-order valence-electron chi connectivity index (χ3n) is 27.8. The van der Waals surface area contributed by atoms with Crippen molar-refractivity contribution in [1.82, 2.24) is 29.4 Å². The van der Waals surface area contributed by atoms with Gasteiger partial charge in [-0.2, -0.15) is 0 Å². The number of carbonyl (C=O) groups excluding carboxylic acids is 7. The Morgan fingerprint density at radius 3 is 0.777 bits per heavy atom. The number of hydrogen-bond donors (Lipinski definition) is 1. The molecule has 0 saturated carbocycles. The first-order chi connectivity index (χ1) is 70.9. The normalized spacial score (nSPS) is 16.0. The number of carbonyl (C=O) groups is 7. The summed E-state index contributed by atoms with van der Waals surface area (Å²) in [4.78, 5) is 102. The summed E-state index contributed by atoms with van der Waals surface area (Å²) in [7, 11) is 1.15. The SMILES string of the molecule is CN1C(=O)C(=Cc2ccc(N3c4ccccc4[Si](C)(C)c4ccccc43)[te]2)C(=O)N(C)C1=S.CN1C(=O)C(=Cc2ccc(N3c4ccccc4[Si](C)(C)c4ccccc43)[te]2)C(=O)N(C)C1=S.CN1C(=O)CC(=O)N(C)C1=S.C[Si]1(C)c2ccccc2N(c2ccc(C=O)[te]2)c2ccccc21.C[Si]1(C)c2ccccc2N(c2ccc[te]2)c2ccccc21.C[Si]1(C)c2ccccc2Nc2ccccc21.Ic1ccc[te]1.c1cc[te]c1. The van der Waals surface area contributed by atoms with Gasteiger partial charge in [0.15, 0.2) is 5.11 Å². The number of para-hydroxylation sites is 10. The van der Waals surface area contributed by atoms with Crippen molar-refractivity contribution in [2.45, 2.75) is 71.9 Å². The maximum absolute atomic E-state index is 12.7. The molecule has 1 N–H and O–H groups in total. The molecule has 18 nitrogen and oxygen atoms in total. The second-order valence-corrected chi connectivity index (χ2v) is 81.8. The Bertz CT molecular complexity index is 7340. The predicted octanol–water partition coefficient (Wildman–Crippen LogP) is 16.7. The fourth-order valence-corrected chi connectivity index (χ4v) is 49.1. The monoisotopic (exact) mass is 2900 g/mol. The van der Waals surface area contributed by atoms with Gasteiger partial charge >= 0.3 is 806 Å². The number of thiocarbonyl (C=S) groups is 3. The van der Waals surface area contributed by atoms with Crippen molar-refractivity contribution in [1.29, 1.82) is 0 Å². The minimum atomic E-state index is -1.81. The number of anilines is 14. The maximum atomic E-state index is 12.7. The van der Waals surface area contributed by atoms with Gasteiger partial charge < -0.3 is 5.32 Å². The molecule has 148 heavy (non-hydrogen) atoms. The molecule has 8 aliphatic rings. The van der Waals surface area contributed by atoms with Crippen LogP contribution in [-0.2, 0) is 28.8 Å². The molecule has 3 saturated heterocycles. The van der Waals surface area contributed by atoms with E-state index in [4.69, 9.17) is 36.7 Å². The molecule has 0 spiro atoms. The molecular formula is C115H110IN11O7S3Si5Te6. The number of rotatable bonds is 7. The zero-order valence-electron chi connectivity index (χ0n) is 84.7. The summed E-state index contributed by atoms with van der Waals surface area (Å²) >= 11 is 15.6. The molecule has 0 bridgehead atoms. The van der Waals surface area contributed by atoms with E-state index in [1.165, 1.54) is 143 Å². The summed E-state index contributed by atoms with van der Waals surface area (Å²) in [5.41, 5.74) is 13.4.